The molecule has 0 amide bonds. The highest BCUT2D eigenvalue weighted by molar-refractivity contribution is 7.99. The Balaban J connectivity index is 2.17. The highest BCUT2D eigenvalue weighted by Gasteiger charge is 2.15. The van der Waals surface area contributed by atoms with E-state index in [0.717, 1.165) is 11.5 Å². The molecule has 1 atom stereocenters. The third kappa shape index (κ3) is 4.02. The number of methoxy groups -OCH3 is 1. The first-order valence-electron chi connectivity index (χ1n) is 7.16. The van der Waals surface area contributed by atoms with Gasteiger partial charge < -0.3 is 10.1 Å². The Morgan fingerprint density at radius 3 is 2.57 bits per heavy atom. The first-order valence-corrected chi connectivity index (χ1v) is 8.14. The van der Waals surface area contributed by atoms with Crippen molar-refractivity contribution in [3.63, 3.8) is 0 Å². The van der Waals surface area contributed by atoms with E-state index < -0.39 is 0 Å². The van der Waals surface area contributed by atoms with Crippen molar-refractivity contribution in [3.05, 3.63) is 59.2 Å². The van der Waals surface area contributed by atoms with E-state index in [4.69, 9.17) is 4.74 Å². The zero-order valence-electron chi connectivity index (χ0n) is 13.1. The van der Waals surface area contributed by atoms with Gasteiger partial charge in [0.05, 0.1) is 7.11 Å². The topological polar surface area (TPSA) is 21.3 Å². The molecule has 3 heteroatoms. The van der Waals surface area contributed by atoms with Crippen molar-refractivity contribution in [3.8, 4) is 5.75 Å². The Bertz CT molecular complexity index is 598. The average Bonchev–Trinajstić information content (AvgIpc) is 2.50. The van der Waals surface area contributed by atoms with Crippen LogP contribution in [0, 0.1) is 13.8 Å². The summed E-state index contributed by atoms with van der Waals surface area (Å²) in [5.74, 6) is 1.92. The van der Waals surface area contributed by atoms with Crippen molar-refractivity contribution in [2.45, 2.75) is 24.8 Å². The van der Waals surface area contributed by atoms with Crippen molar-refractivity contribution in [1.82, 2.24) is 5.32 Å². The van der Waals surface area contributed by atoms with Crippen molar-refractivity contribution in [2.75, 3.05) is 19.9 Å². The van der Waals surface area contributed by atoms with Gasteiger partial charge in [-0.1, -0.05) is 35.9 Å². The van der Waals surface area contributed by atoms with Gasteiger partial charge in [-0.25, -0.2) is 0 Å². The normalized spacial score (nSPS) is 12.2. The molecule has 2 nitrogen and oxygen atoms in total. The summed E-state index contributed by atoms with van der Waals surface area (Å²) in [6, 6.07) is 15.1. The monoisotopic (exact) mass is 301 g/mol. The van der Waals surface area contributed by atoms with Crippen LogP contribution in [0.4, 0.5) is 0 Å². The molecule has 0 aliphatic carbocycles. The molecule has 2 aromatic carbocycles. The average molecular weight is 301 g/mol. The third-order valence-corrected chi connectivity index (χ3v) is 4.88. The molecular weight excluding hydrogens is 278 g/mol. The fourth-order valence-corrected chi connectivity index (χ4v) is 3.51. The number of ether oxygens (including phenoxy) is 1. The van der Waals surface area contributed by atoms with E-state index in [-0.39, 0.29) is 6.04 Å². The quantitative estimate of drug-likeness (QED) is 0.801. The summed E-state index contributed by atoms with van der Waals surface area (Å²) in [6.07, 6.45) is 0. The second-order valence-electron chi connectivity index (χ2n) is 5.16. The van der Waals surface area contributed by atoms with Crippen LogP contribution in [-0.4, -0.2) is 19.9 Å². The van der Waals surface area contributed by atoms with Crippen LogP contribution in [0.2, 0.25) is 0 Å². The van der Waals surface area contributed by atoms with Crippen LogP contribution in [0.3, 0.4) is 0 Å². The van der Waals surface area contributed by atoms with Gasteiger partial charge >= 0.3 is 0 Å². The lowest BCUT2D eigenvalue weighted by Gasteiger charge is -2.20. The van der Waals surface area contributed by atoms with Gasteiger partial charge in [0.1, 0.15) is 5.75 Å². The number of aryl methyl sites for hydroxylation is 2. The Kier molecular flexibility index (Phi) is 5.71. The Morgan fingerprint density at radius 1 is 1.14 bits per heavy atom. The second-order valence-corrected chi connectivity index (χ2v) is 6.23. The fourth-order valence-electron chi connectivity index (χ4n) is 2.35. The Labute approximate surface area is 131 Å². The zero-order chi connectivity index (χ0) is 15.2. The van der Waals surface area contributed by atoms with Crippen LogP contribution in [0.25, 0.3) is 0 Å². The molecule has 0 saturated carbocycles. The van der Waals surface area contributed by atoms with Crippen molar-refractivity contribution >= 4 is 11.8 Å². The highest BCUT2D eigenvalue weighted by Crippen LogP contribution is 2.31. The van der Waals surface area contributed by atoms with Gasteiger partial charge in [0.2, 0.25) is 0 Å². The second kappa shape index (κ2) is 7.53. The minimum absolute atomic E-state index is 0.268. The summed E-state index contributed by atoms with van der Waals surface area (Å²) in [5, 5.41) is 3.41. The predicted molar refractivity (Wildman–Crippen MR) is 91.4 cm³/mol. The molecule has 0 aliphatic heterocycles. The summed E-state index contributed by atoms with van der Waals surface area (Å²) in [6.45, 7) is 4.27. The van der Waals surface area contributed by atoms with E-state index in [0.29, 0.717) is 0 Å². The lowest BCUT2D eigenvalue weighted by Crippen LogP contribution is -2.19. The fraction of sp³-hybridized carbons (Fsp3) is 0.333. The van der Waals surface area contributed by atoms with E-state index >= 15 is 0 Å². The number of thioether (sulfide) groups is 1. The molecule has 0 fully saturated rings. The van der Waals surface area contributed by atoms with E-state index in [1.807, 2.05) is 24.9 Å². The van der Waals surface area contributed by atoms with Crippen molar-refractivity contribution < 1.29 is 4.74 Å². The summed E-state index contributed by atoms with van der Waals surface area (Å²) in [7, 11) is 3.74. The minimum atomic E-state index is 0.268. The van der Waals surface area contributed by atoms with Gasteiger partial charge in [0, 0.05) is 22.3 Å². The van der Waals surface area contributed by atoms with E-state index in [1.165, 1.54) is 21.6 Å². The van der Waals surface area contributed by atoms with Gasteiger partial charge in [0.25, 0.3) is 0 Å². The first kappa shape index (κ1) is 15.9. The molecule has 0 heterocycles. The molecule has 1 unspecified atom stereocenters. The van der Waals surface area contributed by atoms with Crippen molar-refractivity contribution in [1.29, 1.82) is 0 Å². The molecule has 0 aliphatic rings. The van der Waals surface area contributed by atoms with E-state index in [1.54, 1.807) is 7.11 Å². The van der Waals surface area contributed by atoms with Gasteiger partial charge in [-0.05, 0) is 38.6 Å². The molecule has 1 N–H and O–H groups in total. The van der Waals surface area contributed by atoms with Gasteiger partial charge in [0.15, 0.2) is 0 Å². The van der Waals surface area contributed by atoms with Crippen molar-refractivity contribution in [2.24, 2.45) is 0 Å². The maximum Gasteiger partial charge on any atom is 0.123 e. The molecule has 0 radical (unpaired) electrons. The molecule has 0 bridgehead atoms. The SMILES string of the molecule is CNC(CSc1ccccc1C)c1cc(C)ccc1OC. The Hall–Kier alpha value is -1.45. The van der Waals surface area contributed by atoms with Crippen LogP contribution >= 0.6 is 11.8 Å². The molecule has 2 aromatic rings. The molecule has 0 aromatic heterocycles. The van der Waals surface area contributed by atoms with Gasteiger partial charge in [-0.2, -0.15) is 0 Å². The predicted octanol–water partition coefficient (Wildman–Crippen LogP) is 4.36. The summed E-state index contributed by atoms with van der Waals surface area (Å²) >= 11 is 1.88. The number of rotatable bonds is 6. The lowest BCUT2D eigenvalue weighted by atomic mass is 10.0. The largest absolute Gasteiger partial charge is 0.496 e. The molecule has 2 rings (SSSR count). The minimum Gasteiger partial charge on any atom is -0.496 e. The molecular formula is C18H23NOS. The lowest BCUT2D eigenvalue weighted by molar-refractivity contribution is 0.404. The highest BCUT2D eigenvalue weighted by atomic mass is 32.2. The van der Waals surface area contributed by atoms with Crippen LogP contribution in [0.15, 0.2) is 47.4 Å². The first-order chi connectivity index (χ1) is 10.2. The van der Waals surface area contributed by atoms with Crippen LogP contribution < -0.4 is 10.1 Å². The molecule has 112 valence electrons. The molecule has 0 spiro atoms. The molecule has 0 saturated heterocycles. The number of nitrogens with one attached hydrogen (secondary N) is 1. The third-order valence-electron chi connectivity index (χ3n) is 3.61. The van der Waals surface area contributed by atoms with E-state index in [2.05, 4.69) is 55.6 Å². The summed E-state index contributed by atoms with van der Waals surface area (Å²) in [4.78, 5) is 1.34. The summed E-state index contributed by atoms with van der Waals surface area (Å²) < 4.78 is 5.51. The van der Waals surface area contributed by atoms with E-state index in [9.17, 15) is 0 Å². The summed E-state index contributed by atoms with van der Waals surface area (Å²) in [5.41, 5.74) is 3.81. The van der Waals surface area contributed by atoms with Crippen LogP contribution in [0.1, 0.15) is 22.7 Å². The van der Waals surface area contributed by atoms with Crippen LogP contribution in [0.5, 0.6) is 5.75 Å². The van der Waals surface area contributed by atoms with Gasteiger partial charge in [-0.3, -0.25) is 0 Å². The zero-order valence-corrected chi connectivity index (χ0v) is 14.0. The maximum atomic E-state index is 5.51. The maximum absolute atomic E-state index is 5.51. The smallest absolute Gasteiger partial charge is 0.123 e. The van der Waals surface area contributed by atoms with Gasteiger partial charge in [-0.15, -0.1) is 11.8 Å². The van der Waals surface area contributed by atoms with Crippen LogP contribution in [-0.2, 0) is 0 Å². The Morgan fingerprint density at radius 2 is 1.90 bits per heavy atom. The molecule has 21 heavy (non-hydrogen) atoms. The number of benzene rings is 2. The standard InChI is InChI=1S/C18H23NOS/c1-13-9-10-17(20-4)15(11-13)16(19-3)12-21-18-8-6-5-7-14(18)2/h5-11,16,19H,12H2,1-4H3. The number of hydrogen-bond acceptors (Lipinski definition) is 3. The number of hydrogen-bond donors (Lipinski definition) is 1.